The molecule has 0 saturated carbocycles. The molecule has 1 aliphatic heterocycles. The quantitative estimate of drug-likeness (QED) is 0.671. The molecule has 0 radical (unpaired) electrons. The minimum atomic E-state index is -0.0217. The highest BCUT2D eigenvalue weighted by Gasteiger charge is 2.33. The number of carbonyl (C=O) groups is 1. The lowest BCUT2D eigenvalue weighted by Crippen LogP contribution is -2.20. The maximum Gasteiger partial charge on any atom is 0.163 e. The molecule has 0 N–H and O–H groups in total. The zero-order valence-corrected chi connectivity index (χ0v) is 15.2. The van der Waals surface area contributed by atoms with E-state index < -0.39 is 0 Å². The fraction of sp³-hybridized carbons (Fsp3) is 0.571. The van der Waals surface area contributed by atoms with Crippen molar-refractivity contribution in [1.82, 2.24) is 0 Å². The third-order valence-electron chi connectivity index (χ3n) is 4.94. The van der Waals surface area contributed by atoms with E-state index in [0.717, 1.165) is 23.3 Å². The molecule has 1 heterocycles. The molecule has 0 fully saturated rings. The molecule has 23 heavy (non-hydrogen) atoms. The van der Waals surface area contributed by atoms with E-state index in [1.54, 1.807) is 0 Å². The van der Waals surface area contributed by atoms with E-state index in [1.807, 2.05) is 0 Å². The molecular weight excluding hydrogens is 284 g/mol. The molecule has 0 amide bonds. The fourth-order valence-corrected chi connectivity index (χ4v) is 3.45. The van der Waals surface area contributed by atoms with Gasteiger partial charge in [-0.2, -0.15) is 0 Å². The summed E-state index contributed by atoms with van der Waals surface area (Å²) in [6.07, 6.45) is 3.75. The third-order valence-corrected chi connectivity index (χ3v) is 4.94. The minimum absolute atomic E-state index is 0.0217. The van der Waals surface area contributed by atoms with Gasteiger partial charge in [0.25, 0.3) is 0 Å². The molecule has 2 aliphatic rings. The zero-order valence-electron chi connectivity index (χ0n) is 15.2. The number of fused-ring (bicyclic) bond motifs is 3. The van der Waals surface area contributed by atoms with E-state index in [0.29, 0.717) is 18.9 Å². The van der Waals surface area contributed by atoms with Gasteiger partial charge in [-0.15, -0.1) is 0 Å². The van der Waals surface area contributed by atoms with E-state index in [-0.39, 0.29) is 16.6 Å². The van der Waals surface area contributed by atoms with Gasteiger partial charge in [-0.3, -0.25) is 4.79 Å². The van der Waals surface area contributed by atoms with Crippen LogP contribution >= 0.6 is 0 Å². The van der Waals surface area contributed by atoms with E-state index >= 15 is 0 Å². The Morgan fingerprint density at radius 3 is 2.35 bits per heavy atom. The second-order valence-electron chi connectivity index (χ2n) is 9.01. The van der Waals surface area contributed by atoms with Crippen LogP contribution in [-0.4, -0.2) is 12.4 Å². The Balaban J connectivity index is 2.30. The van der Waals surface area contributed by atoms with Crippen LogP contribution < -0.4 is 4.74 Å². The zero-order chi connectivity index (χ0) is 17.0. The molecule has 2 nitrogen and oxygen atoms in total. The van der Waals surface area contributed by atoms with Crippen molar-refractivity contribution in [1.29, 1.82) is 0 Å². The third kappa shape index (κ3) is 2.96. The van der Waals surface area contributed by atoms with Crippen molar-refractivity contribution in [2.45, 2.75) is 65.2 Å². The number of rotatable bonds is 0. The Morgan fingerprint density at radius 2 is 1.74 bits per heavy atom. The first kappa shape index (κ1) is 16.3. The molecule has 124 valence electrons. The summed E-state index contributed by atoms with van der Waals surface area (Å²) in [7, 11) is 0. The average molecular weight is 312 g/mol. The van der Waals surface area contributed by atoms with Crippen molar-refractivity contribution in [2.75, 3.05) is 6.61 Å². The van der Waals surface area contributed by atoms with Crippen molar-refractivity contribution in [3.8, 4) is 5.75 Å². The van der Waals surface area contributed by atoms with Gasteiger partial charge in [0, 0.05) is 23.1 Å². The number of carbonyl (C=O) groups excluding carboxylic acids is 1. The van der Waals surface area contributed by atoms with Crippen LogP contribution in [-0.2, 0) is 15.6 Å². The summed E-state index contributed by atoms with van der Waals surface area (Å²) in [5.41, 5.74) is 4.38. The van der Waals surface area contributed by atoms with Gasteiger partial charge in [0.15, 0.2) is 5.78 Å². The van der Waals surface area contributed by atoms with Crippen LogP contribution in [0.3, 0.4) is 0 Å². The lowest BCUT2D eigenvalue weighted by atomic mass is 9.78. The van der Waals surface area contributed by atoms with E-state index in [4.69, 9.17) is 4.74 Å². The molecule has 1 unspecified atom stereocenters. The number of Topliss-reactive ketones (excluding diaryl/α,β-unsaturated/α-hetero) is 1. The van der Waals surface area contributed by atoms with Crippen molar-refractivity contribution in [3.63, 3.8) is 0 Å². The Labute approximate surface area is 139 Å². The first-order chi connectivity index (χ1) is 10.6. The minimum Gasteiger partial charge on any atom is -0.493 e. The standard InChI is InChI=1S/C21H28O2/c1-20(2,3)14-11-16-15-9-13(10-18(15)22)7-8-23-19(16)17(12-14)21(4,5)6/h9,11-13H,7-8,10H2,1-6H3. The Morgan fingerprint density at radius 1 is 1.04 bits per heavy atom. The summed E-state index contributed by atoms with van der Waals surface area (Å²) in [6, 6.07) is 4.46. The Hall–Kier alpha value is -1.57. The van der Waals surface area contributed by atoms with Gasteiger partial charge in [-0.1, -0.05) is 53.7 Å². The molecule has 0 spiro atoms. The van der Waals surface area contributed by atoms with Crippen LogP contribution in [0.5, 0.6) is 5.75 Å². The highest BCUT2D eigenvalue weighted by Crippen LogP contribution is 2.44. The normalized spacial score (nSPS) is 21.2. The van der Waals surface area contributed by atoms with Crippen molar-refractivity contribution >= 4 is 11.4 Å². The Bertz CT molecular complexity index is 681. The number of hydrogen-bond donors (Lipinski definition) is 0. The summed E-state index contributed by atoms with van der Waals surface area (Å²) in [5, 5.41) is 0. The van der Waals surface area contributed by atoms with Gasteiger partial charge in [0.1, 0.15) is 5.75 Å². The SMILES string of the molecule is CC(C)(C)c1cc2c(c(C(C)(C)C)c1)OCCC1C=C2C(=O)C1. The maximum atomic E-state index is 12.5. The lowest BCUT2D eigenvalue weighted by Gasteiger charge is -2.30. The predicted octanol–water partition coefficient (Wildman–Crippen LogP) is 5.04. The summed E-state index contributed by atoms with van der Waals surface area (Å²) in [5.74, 6) is 1.54. The maximum absolute atomic E-state index is 12.5. The van der Waals surface area contributed by atoms with Gasteiger partial charge < -0.3 is 4.74 Å². The Kier molecular flexibility index (Phi) is 3.70. The van der Waals surface area contributed by atoms with Crippen molar-refractivity contribution in [2.24, 2.45) is 5.92 Å². The van der Waals surface area contributed by atoms with Gasteiger partial charge in [0.05, 0.1) is 6.61 Å². The molecule has 1 aliphatic carbocycles. The molecule has 0 aromatic heterocycles. The van der Waals surface area contributed by atoms with Crippen LogP contribution in [0, 0.1) is 5.92 Å². The topological polar surface area (TPSA) is 26.3 Å². The van der Waals surface area contributed by atoms with E-state index in [2.05, 4.69) is 59.8 Å². The van der Waals surface area contributed by atoms with E-state index in [9.17, 15) is 4.79 Å². The molecule has 1 aromatic carbocycles. The predicted molar refractivity (Wildman–Crippen MR) is 95.0 cm³/mol. The molecule has 2 heteroatoms. The number of ether oxygens (including phenoxy) is 1. The van der Waals surface area contributed by atoms with Gasteiger partial charge in [-0.05, 0) is 34.8 Å². The molecule has 1 atom stereocenters. The summed E-state index contributed by atoms with van der Waals surface area (Å²) in [4.78, 5) is 12.5. The summed E-state index contributed by atoms with van der Waals surface area (Å²) < 4.78 is 6.19. The van der Waals surface area contributed by atoms with Gasteiger partial charge >= 0.3 is 0 Å². The second-order valence-corrected chi connectivity index (χ2v) is 9.01. The smallest absolute Gasteiger partial charge is 0.163 e. The summed E-state index contributed by atoms with van der Waals surface area (Å²) >= 11 is 0. The van der Waals surface area contributed by atoms with Crippen LogP contribution in [0.25, 0.3) is 5.57 Å². The summed E-state index contributed by atoms with van der Waals surface area (Å²) in [6.45, 7) is 14.0. The van der Waals surface area contributed by atoms with Crippen LogP contribution in [0.2, 0.25) is 0 Å². The average Bonchev–Trinajstić information content (AvgIpc) is 2.76. The molecule has 1 aromatic rings. The van der Waals surface area contributed by atoms with Crippen LogP contribution in [0.1, 0.15) is 71.1 Å². The van der Waals surface area contributed by atoms with Crippen molar-refractivity contribution < 1.29 is 9.53 Å². The highest BCUT2D eigenvalue weighted by atomic mass is 16.5. The number of hydrogen-bond acceptors (Lipinski definition) is 2. The first-order valence-corrected chi connectivity index (χ1v) is 8.64. The first-order valence-electron chi connectivity index (χ1n) is 8.64. The highest BCUT2D eigenvalue weighted by molar-refractivity contribution is 6.23. The van der Waals surface area contributed by atoms with Gasteiger partial charge in [-0.25, -0.2) is 0 Å². The largest absolute Gasteiger partial charge is 0.493 e. The van der Waals surface area contributed by atoms with Gasteiger partial charge in [0.2, 0.25) is 0 Å². The fourth-order valence-electron chi connectivity index (χ4n) is 3.45. The number of benzene rings is 1. The van der Waals surface area contributed by atoms with Crippen LogP contribution in [0.15, 0.2) is 18.2 Å². The lowest BCUT2D eigenvalue weighted by molar-refractivity contribution is -0.113. The number of ketones is 1. The molecule has 2 bridgehead atoms. The molecular formula is C21H28O2. The van der Waals surface area contributed by atoms with E-state index in [1.165, 1.54) is 11.1 Å². The number of allylic oxidation sites excluding steroid dienone is 2. The monoisotopic (exact) mass is 312 g/mol. The molecule has 0 saturated heterocycles. The van der Waals surface area contributed by atoms with Crippen molar-refractivity contribution in [3.05, 3.63) is 34.9 Å². The second kappa shape index (κ2) is 5.22. The molecule has 3 rings (SSSR count). The van der Waals surface area contributed by atoms with Crippen LogP contribution in [0.4, 0.5) is 0 Å².